The van der Waals surface area contributed by atoms with Crippen LogP contribution < -0.4 is 0 Å². The molecule has 0 aliphatic heterocycles. The van der Waals surface area contributed by atoms with Gasteiger partial charge >= 0.3 is 13.6 Å². The molecule has 0 bridgehead atoms. The number of carbonyl (C=O) groups is 1. The molecule has 138 valence electrons. The van der Waals surface area contributed by atoms with E-state index in [9.17, 15) is 19.1 Å². The summed E-state index contributed by atoms with van der Waals surface area (Å²) in [6, 6.07) is 0. The third-order valence-electron chi connectivity index (χ3n) is 3.67. The highest BCUT2D eigenvalue weighted by atomic mass is 31.2. The summed E-state index contributed by atoms with van der Waals surface area (Å²) in [5.41, 5.74) is 2.68. The van der Waals surface area contributed by atoms with Gasteiger partial charge in [-0.05, 0) is 58.8 Å². The molecule has 0 aromatic heterocycles. The minimum absolute atomic E-state index is 0.220. The van der Waals surface area contributed by atoms with Crippen molar-refractivity contribution in [3.63, 3.8) is 0 Å². The Balaban J connectivity index is 4.45. The van der Waals surface area contributed by atoms with Crippen LogP contribution in [0.15, 0.2) is 34.7 Å². The number of allylic oxidation sites excluding steroid dienone is 5. The summed E-state index contributed by atoms with van der Waals surface area (Å²) in [4.78, 5) is 29.8. The Morgan fingerprint density at radius 1 is 1.12 bits per heavy atom. The Morgan fingerprint density at radius 3 is 2.25 bits per heavy atom. The minimum atomic E-state index is -4.60. The molecule has 0 aliphatic rings. The summed E-state index contributed by atoms with van der Waals surface area (Å²) in [7, 11) is -3.49. The monoisotopic (exact) mass is 358 g/mol. The van der Waals surface area contributed by atoms with Crippen molar-refractivity contribution >= 4 is 13.6 Å². The molecule has 6 heteroatoms. The number of methoxy groups -OCH3 is 1. The Labute approximate surface area is 145 Å². The van der Waals surface area contributed by atoms with E-state index < -0.39 is 18.9 Å². The van der Waals surface area contributed by atoms with Crippen LogP contribution in [0.25, 0.3) is 0 Å². The molecule has 0 amide bonds. The van der Waals surface area contributed by atoms with Gasteiger partial charge in [0, 0.05) is 0 Å². The summed E-state index contributed by atoms with van der Waals surface area (Å²) < 4.78 is 15.7. The van der Waals surface area contributed by atoms with Gasteiger partial charge in [-0.25, -0.2) is 4.79 Å². The predicted octanol–water partition coefficient (Wildman–Crippen LogP) is 4.72. The molecule has 1 unspecified atom stereocenters. The second kappa shape index (κ2) is 11.4. The first kappa shape index (κ1) is 22.8. The van der Waals surface area contributed by atoms with Crippen LogP contribution in [-0.2, 0) is 14.1 Å². The van der Waals surface area contributed by atoms with Crippen molar-refractivity contribution in [2.24, 2.45) is 5.92 Å². The standard InChI is InChI=1S/C18H31O5P/c1-14(2)8-6-9-15(3)10-7-11-16(4)12-13-17(18(19)23-5)24(20,21)22/h8,10,13,16H,6-7,9,11-12H2,1-5H3,(H2,20,21,22)/b15-10?,17-13+. The average Bonchev–Trinajstić information content (AvgIpc) is 2.45. The maximum Gasteiger partial charge on any atom is 0.363 e. The molecule has 2 N–H and O–H groups in total. The highest BCUT2D eigenvalue weighted by Gasteiger charge is 2.28. The van der Waals surface area contributed by atoms with Gasteiger partial charge in [0.15, 0.2) is 0 Å². The zero-order valence-electron chi connectivity index (χ0n) is 15.4. The lowest BCUT2D eigenvalue weighted by Crippen LogP contribution is -2.06. The fraction of sp³-hybridized carbons (Fsp3) is 0.611. The van der Waals surface area contributed by atoms with E-state index in [0.717, 1.165) is 32.8 Å². The van der Waals surface area contributed by atoms with Crippen LogP contribution in [0.1, 0.15) is 59.8 Å². The lowest BCUT2D eigenvalue weighted by molar-refractivity contribution is -0.135. The van der Waals surface area contributed by atoms with Crippen molar-refractivity contribution in [3.05, 3.63) is 34.7 Å². The number of carbonyl (C=O) groups excluding carboxylic acids is 1. The lowest BCUT2D eigenvalue weighted by Gasteiger charge is -2.10. The van der Waals surface area contributed by atoms with Crippen molar-refractivity contribution in [2.75, 3.05) is 7.11 Å². The van der Waals surface area contributed by atoms with Crippen molar-refractivity contribution < 1.29 is 23.9 Å². The van der Waals surface area contributed by atoms with E-state index in [4.69, 9.17) is 0 Å². The van der Waals surface area contributed by atoms with Crippen molar-refractivity contribution in [2.45, 2.75) is 59.8 Å². The van der Waals surface area contributed by atoms with Gasteiger partial charge in [-0.2, -0.15) is 0 Å². The number of rotatable bonds is 10. The van der Waals surface area contributed by atoms with Crippen molar-refractivity contribution in [1.29, 1.82) is 0 Å². The van der Waals surface area contributed by atoms with Crippen LogP contribution in [0.5, 0.6) is 0 Å². The van der Waals surface area contributed by atoms with Gasteiger partial charge < -0.3 is 14.5 Å². The first-order chi connectivity index (χ1) is 11.1. The predicted molar refractivity (Wildman–Crippen MR) is 97.6 cm³/mol. The lowest BCUT2D eigenvalue weighted by atomic mass is 10.00. The first-order valence-corrected chi connectivity index (χ1v) is 9.82. The van der Waals surface area contributed by atoms with E-state index in [2.05, 4.69) is 37.7 Å². The molecule has 0 radical (unpaired) electrons. The van der Waals surface area contributed by atoms with Crippen LogP contribution in [0.3, 0.4) is 0 Å². The smallest absolute Gasteiger partial charge is 0.363 e. The zero-order valence-corrected chi connectivity index (χ0v) is 16.3. The number of hydrogen-bond donors (Lipinski definition) is 2. The topological polar surface area (TPSA) is 83.8 Å². The van der Waals surface area contributed by atoms with Gasteiger partial charge in [-0.1, -0.05) is 36.3 Å². The minimum Gasteiger partial charge on any atom is -0.465 e. The van der Waals surface area contributed by atoms with Crippen molar-refractivity contribution in [1.82, 2.24) is 0 Å². The molecule has 0 aliphatic carbocycles. The van der Waals surface area contributed by atoms with Crippen LogP contribution in [0, 0.1) is 5.92 Å². The maximum absolute atomic E-state index is 11.4. The molecule has 24 heavy (non-hydrogen) atoms. The largest absolute Gasteiger partial charge is 0.465 e. The zero-order chi connectivity index (χ0) is 18.8. The molecule has 0 rings (SSSR count). The van der Waals surface area contributed by atoms with Crippen LogP contribution >= 0.6 is 7.60 Å². The number of hydrogen-bond acceptors (Lipinski definition) is 3. The number of esters is 1. The molecule has 0 aromatic carbocycles. The molecular weight excluding hydrogens is 327 g/mol. The van der Waals surface area contributed by atoms with Crippen LogP contribution in [0.4, 0.5) is 0 Å². The summed E-state index contributed by atoms with van der Waals surface area (Å²) >= 11 is 0. The van der Waals surface area contributed by atoms with Gasteiger partial charge in [0.05, 0.1) is 7.11 Å². The highest BCUT2D eigenvalue weighted by Crippen LogP contribution is 2.45. The van der Waals surface area contributed by atoms with E-state index in [0.29, 0.717) is 6.42 Å². The van der Waals surface area contributed by atoms with Crippen molar-refractivity contribution in [3.8, 4) is 0 Å². The van der Waals surface area contributed by atoms with Gasteiger partial charge in [-0.15, -0.1) is 0 Å². The van der Waals surface area contributed by atoms with Crippen LogP contribution in [0.2, 0.25) is 0 Å². The molecule has 0 spiro atoms. The highest BCUT2D eigenvalue weighted by molar-refractivity contribution is 7.58. The Bertz CT molecular complexity index is 536. The maximum atomic E-state index is 11.4. The van der Waals surface area contributed by atoms with E-state index in [1.54, 1.807) is 0 Å². The van der Waals surface area contributed by atoms with E-state index in [1.165, 1.54) is 17.2 Å². The molecule has 1 atom stereocenters. The third-order valence-corrected chi connectivity index (χ3v) is 4.66. The quantitative estimate of drug-likeness (QED) is 0.255. The molecule has 0 saturated carbocycles. The van der Waals surface area contributed by atoms with Crippen LogP contribution in [-0.4, -0.2) is 22.9 Å². The van der Waals surface area contributed by atoms with E-state index >= 15 is 0 Å². The Kier molecular flexibility index (Phi) is 10.9. The fourth-order valence-electron chi connectivity index (χ4n) is 2.16. The molecule has 5 nitrogen and oxygen atoms in total. The second-order valence-corrected chi connectivity index (χ2v) is 7.98. The fourth-order valence-corrected chi connectivity index (χ4v) is 2.83. The molecular formula is C18H31O5P. The molecule has 0 aromatic rings. The summed E-state index contributed by atoms with van der Waals surface area (Å²) in [6.45, 7) is 8.30. The third kappa shape index (κ3) is 10.6. The normalized spacial score (nSPS) is 14.3. The van der Waals surface area contributed by atoms with Gasteiger partial charge in [0.1, 0.15) is 5.31 Å². The molecule has 0 saturated heterocycles. The second-order valence-electron chi connectivity index (χ2n) is 6.41. The van der Waals surface area contributed by atoms with Gasteiger partial charge in [-0.3, -0.25) is 4.57 Å². The summed E-state index contributed by atoms with van der Waals surface area (Å²) in [5.74, 6) is -0.747. The Morgan fingerprint density at radius 2 is 1.75 bits per heavy atom. The average molecular weight is 358 g/mol. The van der Waals surface area contributed by atoms with E-state index in [-0.39, 0.29) is 5.92 Å². The summed E-state index contributed by atoms with van der Waals surface area (Å²) in [5, 5.41) is -0.551. The molecule has 0 heterocycles. The SMILES string of the molecule is COC(=O)/C(=C\CC(C)CCC=C(C)CCC=C(C)C)P(=O)(O)O. The molecule has 0 fully saturated rings. The van der Waals surface area contributed by atoms with Gasteiger partial charge in [0.2, 0.25) is 0 Å². The number of ether oxygens (including phenoxy) is 1. The summed E-state index contributed by atoms with van der Waals surface area (Å²) in [6.07, 6.45) is 10.1. The first-order valence-electron chi connectivity index (χ1n) is 8.21. The van der Waals surface area contributed by atoms with Gasteiger partial charge in [0.25, 0.3) is 0 Å². The Hall–Kier alpha value is -1.16. The van der Waals surface area contributed by atoms with E-state index in [1.807, 2.05) is 6.92 Å².